The molecule has 0 spiro atoms. The molecule has 0 saturated carbocycles. The highest BCUT2D eigenvalue weighted by Gasteiger charge is 2.07. The highest BCUT2D eigenvalue weighted by atomic mass is 32.1. The average molecular weight is 275 g/mol. The molecule has 1 unspecified atom stereocenters. The molecule has 1 aromatic carbocycles. The molecule has 0 amide bonds. The summed E-state index contributed by atoms with van der Waals surface area (Å²) in [6.45, 7) is 5.27. The molecule has 102 valence electrons. The van der Waals surface area contributed by atoms with E-state index in [1.807, 2.05) is 23.5 Å². The summed E-state index contributed by atoms with van der Waals surface area (Å²) in [4.78, 5) is 2.85. The van der Waals surface area contributed by atoms with Crippen LogP contribution in [0.25, 0.3) is 0 Å². The molecule has 2 aromatic rings. The maximum Gasteiger partial charge on any atom is 0.119 e. The van der Waals surface area contributed by atoms with Crippen molar-refractivity contribution in [2.45, 2.75) is 32.9 Å². The Morgan fingerprint density at radius 1 is 1.26 bits per heavy atom. The fourth-order valence-corrected chi connectivity index (χ4v) is 2.95. The van der Waals surface area contributed by atoms with E-state index in [-0.39, 0.29) is 0 Å². The molecule has 0 fully saturated rings. The van der Waals surface area contributed by atoms with Crippen LogP contribution in [0.1, 0.15) is 35.2 Å². The van der Waals surface area contributed by atoms with Gasteiger partial charge in [0, 0.05) is 22.3 Å². The Balaban J connectivity index is 1.93. The molecule has 2 rings (SSSR count). The minimum Gasteiger partial charge on any atom is -0.497 e. The Bertz CT molecular complexity index is 521. The summed E-state index contributed by atoms with van der Waals surface area (Å²) >= 11 is 1.90. The molecule has 2 nitrogen and oxygen atoms in total. The second-order valence-corrected chi connectivity index (χ2v) is 5.81. The number of rotatable bonds is 6. The highest BCUT2D eigenvalue weighted by molar-refractivity contribution is 7.12. The minimum atomic E-state index is 0.386. The molecule has 0 radical (unpaired) electrons. The quantitative estimate of drug-likeness (QED) is 0.854. The number of aryl methyl sites for hydroxylation is 1. The first-order valence-corrected chi connectivity index (χ1v) is 7.49. The number of methoxy groups -OCH3 is 1. The third-order valence-corrected chi connectivity index (χ3v) is 4.62. The zero-order valence-electron chi connectivity index (χ0n) is 11.8. The predicted octanol–water partition coefficient (Wildman–Crippen LogP) is 4.17. The molecule has 1 heterocycles. The lowest BCUT2D eigenvalue weighted by atomic mass is 10.2. The Hall–Kier alpha value is -1.32. The van der Waals surface area contributed by atoms with Gasteiger partial charge in [-0.2, -0.15) is 0 Å². The zero-order chi connectivity index (χ0) is 13.7. The second-order valence-electron chi connectivity index (χ2n) is 4.61. The summed E-state index contributed by atoms with van der Waals surface area (Å²) in [6.07, 6.45) is 1.12. The van der Waals surface area contributed by atoms with Crippen LogP contribution in [0.15, 0.2) is 36.4 Å². The van der Waals surface area contributed by atoms with Crippen LogP contribution in [0.5, 0.6) is 5.75 Å². The van der Waals surface area contributed by atoms with Crippen molar-refractivity contribution in [1.82, 2.24) is 5.32 Å². The SMILES string of the molecule is CCc1ccc(C(C)NCc2cccc(OC)c2)s1. The zero-order valence-corrected chi connectivity index (χ0v) is 12.6. The lowest BCUT2D eigenvalue weighted by Crippen LogP contribution is -2.17. The molecule has 19 heavy (non-hydrogen) atoms. The van der Waals surface area contributed by atoms with Crippen LogP contribution < -0.4 is 10.1 Å². The predicted molar refractivity (Wildman–Crippen MR) is 81.9 cm³/mol. The van der Waals surface area contributed by atoms with Crippen molar-refractivity contribution < 1.29 is 4.74 Å². The summed E-state index contributed by atoms with van der Waals surface area (Å²) < 4.78 is 5.24. The number of benzene rings is 1. The van der Waals surface area contributed by atoms with E-state index in [0.29, 0.717) is 6.04 Å². The second kappa shape index (κ2) is 6.73. The first-order chi connectivity index (χ1) is 9.22. The van der Waals surface area contributed by atoms with Gasteiger partial charge in [0.2, 0.25) is 0 Å². The van der Waals surface area contributed by atoms with Crippen molar-refractivity contribution >= 4 is 11.3 Å². The van der Waals surface area contributed by atoms with E-state index >= 15 is 0 Å². The van der Waals surface area contributed by atoms with Crippen LogP contribution in [0, 0.1) is 0 Å². The number of hydrogen-bond donors (Lipinski definition) is 1. The van der Waals surface area contributed by atoms with Gasteiger partial charge in [0.05, 0.1) is 7.11 Å². The first kappa shape index (κ1) is 14.1. The molecule has 1 N–H and O–H groups in total. The van der Waals surface area contributed by atoms with Gasteiger partial charge in [0.1, 0.15) is 5.75 Å². The molecular weight excluding hydrogens is 254 g/mol. The monoisotopic (exact) mass is 275 g/mol. The largest absolute Gasteiger partial charge is 0.497 e. The van der Waals surface area contributed by atoms with E-state index in [4.69, 9.17) is 4.74 Å². The Kier molecular flexibility index (Phi) is 5.00. The van der Waals surface area contributed by atoms with Gasteiger partial charge in [-0.1, -0.05) is 19.1 Å². The van der Waals surface area contributed by atoms with Crippen LogP contribution in [0.3, 0.4) is 0 Å². The fraction of sp³-hybridized carbons (Fsp3) is 0.375. The van der Waals surface area contributed by atoms with Crippen molar-refractivity contribution in [2.24, 2.45) is 0 Å². The summed E-state index contributed by atoms with van der Waals surface area (Å²) in [5.74, 6) is 0.913. The minimum absolute atomic E-state index is 0.386. The van der Waals surface area contributed by atoms with Crippen molar-refractivity contribution in [2.75, 3.05) is 7.11 Å². The maximum absolute atomic E-state index is 5.24. The van der Waals surface area contributed by atoms with Gasteiger partial charge >= 0.3 is 0 Å². The molecule has 0 saturated heterocycles. The van der Waals surface area contributed by atoms with Crippen LogP contribution in [-0.2, 0) is 13.0 Å². The molecule has 0 aliphatic carbocycles. The van der Waals surface area contributed by atoms with Crippen molar-refractivity contribution in [1.29, 1.82) is 0 Å². The molecule has 1 aromatic heterocycles. The van der Waals surface area contributed by atoms with Gasteiger partial charge in [-0.15, -0.1) is 11.3 Å². The van der Waals surface area contributed by atoms with Gasteiger partial charge in [-0.3, -0.25) is 0 Å². The van der Waals surface area contributed by atoms with E-state index in [2.05, 4.69) is 43.4 Å². The van der Waals surface area contributed by atoms with Gasteiger partial charge < -0.3 is 10.1 Å². The van der Waals surface area contributed by atoms with Crippen LogP contribution in [0.2, 0.25) is 0 Å². The van der Waals surface area contributed by atoms with E-state index in [9.17, 15) is 0 Å². The molecule has 3 heteroatoms. The van der Waals surface area contributed by atoms with E-state index in [1.54, 1.807) is 7.11 Å². The Morgan fingerprint density at radius 2 is 2.11 bits per heavy atom. The standard InChI is InChI=1S/C16H21NOS/c1-4-15-8-9-16(19-15)12(2)17-11-13-6-5-7-14(10-13)18-3/h5-10,12,17H,4,11H2,1-3H3. The van der Waals surface area contributed by atoms with Crippen molar-refractivity contribution in [3.63, 3.8) is 0 Å². The van der Waals surface area contributed by atoms with Crippen molar-refractivity contribution in [3.8, 4) is 5.75 Å². The van der Waals surface area contributed by atoms with Crippen LogP contribution >= 0.6 is 11.3 Å². The topological polar surface area (TPSA) is 21.3 Å². The maximum atomic E-state index is 5.24. The molecule has 0 aliphatic rings. The van der Waals surface area contributed by atoms with Crippen LogP contribution in [0.4, 0.5) is 0 Å². The highest BCUT2D eigenvalue weighted by Crippen LogP contribution is 2.24. The first-order valence-electron chi connectivity index (χ1n) is 6.68. The van der Waals surface area contributed by atoms with E-state index in [1.165, 1.54) is 15.3 Å². The number of ether oxygens (including phenoxy) is 1. The summed E-state index contributed by atoms with van der Waals surface area (Å²) in [6, 6.07) is 13.0. The third-order valence-electron chi connectivity index (χ3n) is 3.20. The lowest BCUT2D eigenvalue weighted by Gasteiger charge is -2.12. The summed E-state index contributed by atoms with van der Waals surface area (Å²) in [5, 5.41) is 3.56. The van der Waals surface area contributed by atoms with Gasteiger partial charge in [-0.25, -0.2) is 0 Å². The Labute approximate surface area is 119 Å². The average Bonchev–Trinajstić information content (AvgIpc) is 2.94. The Morgan fingerprint density at radius 3 is 2.79 bits per heavy atom. The van der Waals surface area contributed by atoms with Crippen LogP contribution in [-0.4, -0.2) is 7.11 Å². The van der Waals surface area contributed by atoms with Crippen molar-refractivity contribution in [3.05, 3.63) is 51.7 Å². The molecule has 0 aliphatic heterocycles. The fourth-order valence-electron chi connectivity index (χ4n) is 1.97. The normalized spacial score (nSPS) is 12.4. The number of nitrogens with one attached hydrogen (secondary N) is 1. The number of hydrogen-bond acceptors (Lipinski definition) is 3. The van der Waals surface area contributed by atoms with E-state index in [0.717, 1.165) is 18.7 Å². The lowest BCUT2D eigenvalue weighted by molar-refractivity contribution is 0.414. The van der Waals surface area contributed by atoms with Gasteiger partial charge in [-0.05, 0) is 43.2 Å². The van der Waals surface area contributed by atoms with Gasteiger partial charge in [0.25, 0.3) is 0 Å². The smallest absolute Gasteiger partial charge is 0.119 e. The summed E-state index contributed by atoms with van der Waals surface area (Å²) in [7, 11) is 1.70. The molecule has 1 atom stereocenters. The molecular formula is C16H21NOS. The number of thiophene rings is 1. The summed E-state index contributed by atoms with van der Waals surface area (Å²) in [5.41, 5.74) is 1.25. The molecule has 0 bridgehead atoms. The van der Waals surface area contributed by atoms with Gasteiger partial charge in [0.15, 0.2) is 0 Å². The third kappa shape index (κ3) is 3.82. The van der Waals surface area contributed by atoms with E-state index < -0.39 is 0 Å².